The Kier molecular flexibility index (Phi) is 3.61. The van der Waals surface area contributed by atoms with Crippen molar-refractivity contribution in [3.63, 3.8) is 0 Å². The molecule has 1 aliphatic rings. The summed E-state index contributed by atoms with van der Waals surface area (Å²) < 4.78 is 27.5. The topological polar surface area (TPSA) is 55.1 Å². The molecule has 0 radical (unpaired) electrons. The zero-order valence-electron chi connectivity index (χ0n) is 10.2. The lowest BCUT2D eigenvalue weighted by Crippen LogP contribution is -2.41. The SMILES string of the molecule is Cc1ccc(C2NCCCC2C(N)=O)c(F)c1F. The lowest BCUT2D eigenvalue weighted by molar-refractivity contribution is -0.123. The first-order chi connectivity index (χ1) is 8.52. The van der Waals surface area contributed by atoms with Gasteiger partial charge in [-0.15, -0.1) is 0 Å². The number of hydrogen-bond donors (Lipinski definition) is 2. The monoisotopic (exact) mass is 254 g/mol. The smallest absolute Gasteiger partial charge is 0.222 e. The van der Waals surface area contributed by atoms with Gasteiger partial charge in [0.2, 0.25) is 5.91 Å². The van der Waals surface area contributed by atoms with Gasteiger partial charge in [0.1, 0.15) is 0 Å². The van der Waals surface area contributed by atoms with E-state index in [1.807, 2.05) is 0 Å². The van der Waals surface area contributed by atoms with Crippen molar-refractivity contribution in [3.8, 4) is 0 Å². The highest BCUT2D eigenvalue weighted by molar-refractivity contribution is 5.77. The number of carbonyl (C=O) groups excluding carboxylic acids is 1. The first-order valence-corrected chi connectivity index (χ1v) is 5.99. The van der Waals surface area contributed by atoms with Gasteiger partial charge in [0.05, 0.1) is 5.92 Å². The van der Waals surface area contributed by atoms with Crippen molar-refractivity contribution >= 4 is 5.91 Å². The van der Waals surface area contributed by atoms with Crippen LogP contribution in [-0.2, 0) is 4.79 Å². The van der Waals surface area contributed by atoms with Gasteiger partial charge in [-0.3, -0.25) is 4.79 Å². The van der Waals surface area contributed by atoms with Crippen LogP contribution in [0.4, 0.5) is 8.78 Å². The molecule has 5 heteroatoms. The molecule has 3 N–H and O–H groups in total. The van der Waals surface area contributed by atoms with Crippen molar-refractivity contribution in [1.82, 2.24) is 5.32 Å². The van der Waals surface area contributed by atoms with E-state index in [0.29, 0.717) is 13.0 Å². The van der Waals surface area contributed by atoms with Crippen LogP contribution in [0.5, 0.6) is 0 Å². The molecule has 0 bridgehead atoms. The second-order valence-corrected chi connectivity index (χ2v) is 4.68. The summed E-state index contributed by atoms with van der Waals surface area (Å²) in [5.74, 6) is -2.72. The minimum absolute atomic E-state index is 0.182. The van der Waals surface area contributed by atoms with E-state index in [1.54, 1.807) is 0 Å². The number of primary amides is 1. The molecular formula is C13H16F2N2O. The Bertz CT molecular complexity index is 476. The molecule has 2 rings (SSSR count). The Morgan fingerprint density at radius 2 is 2.11 bits per heavy atom. The summed E-state index contributed by atoms with van der Waals surface area (Å²) in [6, 6.07) is 2.50. The van der Waals surface area contributed by atoms with Crippen LogP contribution in [-0.4, -0.2) is 12.5 Å². The van der Waals surface area contributed by atoms with Gasteiger partial charge >= 0.3 is 0 Å². The number of piperidine rings is 1. The van der Waals surface area contributed by atoms with Gasteiger partial charge < -0.3 is 11.1 Å². The van der Waals surface area contributed by atoms with Crippen molar-refractivity contribution in [2.45, 2.75) is 25.8 Å². The number of amides is 1. The number of hydrogen-bond acceptors (Lipinski definition) is 2. The number of nitrogens with one attached hydrogen (secondary N) is 1. The van der Waals surface area contributed by atoms with Gasteiger partial charge in [0, 0.05) is 11.6 Å². The molecule has 1 aromatic rings. The fourth-order valence-corrected chi connectivity index (χ4v) is 2.42. The first kappa shape index (κ1) is 13.0. The summed E-state index contributed by atoms with van der Waals surface area (Å²) in [5.41, 5.74) is 5.75. The molecule has 1 amide bonds. The van der Waals surface area contributed by atoms with Crippen molar-refractivity contribution in [2.75, 3.05) is 6.54 Å². The summed E-state index contributed by atoms with van der Waals surface area (Å²) in [5, 5.41) is 3.05. The lowest BCUT2D eigenvalue weighted by atomic mass is 9.85. The molecular weight excluding hydrogens is 238 g/mol. The molecule has 1 aromatic carbocycles. The summed E-state index contributed by atoms with van der Waals surface area (Å²) in [6.45, 7) is 2.17. The molecule has 1 saturated heterocycles. The lowest BCUT2D eigenvalue weighted by Gasteiger charge is -2.31. The van der Waals surface area contributed by atoms with Crippen LogP contribution in [0.1, 0.15) is 30.0 Å². The average molecular weight is 254 g/mol. The molecule has 3 nitrogen and oxygen atoms in total. The Labute approximate surface area is 104 Å². The molecule has 98 valence electrons. The number of carbonyl (C=O) groups is 1. The van der Waals surface area contributed by atoms with E-state index in [2.05, 4.69) is 5.32 Å². The largest absolute Gasteiger partial charge is 0.369 e. The van der Waals surface area contributed by atoms with Crippen LogP contribution in [0.2, 0.25) is 0 Å². The maximum atomic E-state index is 13.9. The predicted octanol–water partition coefficient (Wildman–Crippen LogP) is 1.80. The van der Waals surface area contributed by atoms with E-state index in [1.165, 1.54) is 19.1 Å². The van der Waals surface area contributed by atoms with E-state index in [4.69, 9.17) is 5.73 Å². The van der Waals surface area contributed by atoms with E-state index in [0.717, 1.165) is 6.42 Å². The summed E-state index contributed by atoms with van der Waals surface area (Å²) in [4.78, 5) is 11.4. The molecule has 0 aliphatic carbocycles. The minimum Gasteiger partial charge on any atom is -0.369 e. The quantitative estimate of drug-likeness (QED) is 0.845. The maximum Gasteiger partial charge on any atom is 0.222 e. The third-order valence-electron chi connectivity index (χ3n) is 3.46. The van der Waals surface area contributed by atoms with E-state index < -0.39 is 29.5 Å². The number of benzene rings is 1. The highest BCUT2D eigenvalue weighted by Gasteiger charge is 2.32. The van der Waals surface area contributed by atoms with Crippen LogP contribution in [0.25, 0.3) is 0 Å². The van der Waals surface area contributed by atoms with Gasteiger partial charge in [0.25, 0.3) is 0 Å². The van der Waals surface area contributed by atoms with Gasteiger partial charge in [-0.1, -0.05) is 12.1 Å². The second-order valence-electron chi connectivity index (χ2n) is 4.68. The van der Waals surface area contributed by atoms with E-state index in [-0.39, 0.29) is 11.1 Å². The summed E-state index contributed by atoms with van der Waals surface area (Å²) >= 11 is 0. The van der Waals surface area contributed by atoms with Crippen LogP contribution in [0.15, 0.2) is 12.1 Å². The minimum atomic E-state index is -0.888. The molecule has 0 aromatic heterocycles. The molecule has 1 heterocycles. The third-order valence-corrected chi connectivity index (χ3v) is 3.46. The van der Waals surface area contributed by atoms with Gasteiger partial charge in [0.15, 0.2) is 11.6 Å². The molecule has 2 unspecified atom stereocenters. The summed E-state index contributed by atoms with van der Waals surface area (Å²) in [7, 11) is 0. The number of rotatable bonds is 2. The zero-order chi connectivity index (χ0) is 13.3. The fourth-order valence-electron chi connectivity index (χ4n) is 2.42. The van der Waals surface area contributed by atoms with E-state index in [9.17, 15) is 13.6 Å². The second kappa shape index (κ2) is 5.02. The number of aryl methyl sites for hydroxylation is 1. The normalized spacial score (nSPS) is 23.9. The molecule has 1 fully saturated rings. The van der Waals surface area contributed by atoms with Gasteiger partial charge in [-0.05, 0) is 31.9 Å². The number of nitrogens with two attached hydrogens (primary N) is 1. The Hall–Kier alpha value is -1.49. The predicted molar refractivity (Wildman–Crippen MR) is 63.8 cm³/mol. The average Bonchev–Trinajstić information content (AvgIpc) is 2.36. The highest BCUT2D eigenvalue weighted by Crippen LogP contribution is 2.32. The van der Waals surface area contributed by atoms with Gasteiger partial charge in [-0.25, -0.2) is 8.78 Å². The maximum absolute atomic E-state index is 13.9. The molecule has 0 saturated carbocycles. The first-order valence-electron chi connectivity index (χ1n) is 5.99. The van der Waals surface area contributed by atoms with Crippen LogP contribution >= 0.6 is 0 Å². The van der Waals surface area contributed by atoms with Crippen molar-refractivity contribution in [1.29, 1.82) is 0 Å². The Morgan fingerprint density at radius 3 is 2.78 bits per heavy atom. The number of halogens is 2. The third kappa shape index (κ3) is 2.22. The van der Waals surface area contributed by atoms with Crippen LogP contribution in [0.3, 0.4) is 0 Å². The standard InChI is InChI=1S/C13H16F2N2O/c1-7-4-5-8(11(15)10(7)14)12-9(13(16)18)3-2-6-17-12/h4-5,9,12,17H,2-3,6H2,1H3,(H2,16,18). The molecule has 0 spiro atoms. The van der Waals surface area contributed by atoms with Crippen molar-refractivity contribution in [3.05, 3.63) is 34.9 Å². The highest BCUT2D eigenvalue weighted by atomic mass is 19.2. The van der Waals surface area contributed by atoms with Crippen molar-refractivity contribution in [2.24, 2.45) is 11.7 Å². The molecule has 1 aliphatic heterocycles. The van der Waals surface area contributed by atoms with Crippen LogP contribution < -0.4 is 11.1 Å². The molecule has 18 heavy (non-hydrogen) atoms. The fraction of sp³-hybridized carbons (Fsp3) is 0.462. The van der Waals surface area contributed by atoms with Crippen LogP contribution in [0, 0.1) is 24.5 Å². The Balaban J connectivity index is 2.40. The van der Waals surface area contributed by atoms with Crippen molar-refractivity contribution < 1.29 is 13.6 Å². The zero-order valence-corrected chi connectivity index (χ0v) is 10.2. The Morgan fingerprint density at radius 1 is 1.39 bits per heavy atom. The van der Waals surface area contributed by atoms with Gasteiger partial charge in [-0.2, -0.15) is 0 Å². The molecule has 2 atom stereocenters. The van der Waals surface area contributed by atoms with E-state index >= 15 is 0 Å². The summed E-state index contributed by atoms with van der Waals surface area (Å²) in [6.07, 6.45) is 1.40.